The van der Waals surface area contributed by atoms with E-state index in [0.717, 1.165) is 12.3 Å². The SMILES string of the molecule is COc1ccc2c(c1F)C(C)(C)CC(O)(C(F)(F)F)C2Nc1cc(F)c(F)c2nc(C)ncc12. The van der Waals surface area contributed by atoms with Crippen molar-refractivity contribution in [3.05, 3.63) is 58.8 Å². The number of nitrogens with one attached hydrogen (secondary N) is 1. The van der Waals surface area contributed by atoms with E-state index < -0.39 is 52.6 Å². The molecule has 1 aliphatic rings. The molecule has 0 aliphatic heterocycles. The molecule has 2 atom stereocenters. The average molecular weight is 485 g/mol. The van der Waals surface area contributed by atoms with Crippen LogP contribution in [0.3, 0.4) is 0 Å². The van der Waals surface area contributed by atoms with E-state index in [2.05, 4.69) is 15.3 Å². The fourth-order valence-electron chi connectivity index (χ4n) is 4.73. The van der Waals surface area contributed by atoms with E-state index in [1.54, 1.807) is 0 Å². The van der Waals surface area contributed by atoms with Crippen molar-refractivity contribution in [1.82, 2.24) is 9.97 Å². The van der Waals surface area contributed by atoms with Crippen LogP contribution in [0.4, 0.5) is 32.0 Å². The summed E-state index contributed by atoms with van der Waals surface area (Å²) in [4.78, 5) is 7.77. The van der Waals surface area contributed by atoms with Gasteiger partial charge in [-0.1, -0.05) is 19.9 Å². The number of nitrogens with zero attached hydrogens (tertiary/aromatic N) is 2. The molecule has 0 saturated carbocycles. The van der Waals surface area contributed by atoms with Crippen LogP contribution in [0.25, 0.3) is 10.9 Å². The molecule has 0 saturated heterocycles. The number of aromatic nitrogens is 2. The minimum Gasteiger partial charge on any atom is -0.494 e. The lowest BCUT2D eigenvalue weighted by atomic mass is 9.63. The van der Waals surface area contributed by atoms with E-state index >= 15 is 4.39 Å². The molecule has 34 heavy (non-hydrogen) atoms. The lowest BCUT2D eigenvalue weighted by molar-refractivity contribution is -0.276. The number of aryl methyl sites for hydroxylation is 1. The molecule has 1 aliphatic carbocycles. The molecule has 0 spiro atoms. The molecule has 182 valence electrons. The number of alkyl halides is 3. The number of aliphatic hydroxyl groups is 1. The predicted molar refractivity (Wildman–Crippen MR) is 112 cm³/mol. The van der Waals surface area contributed by atoms with Gasteiger partial charge in [-0.3, -0.25) is 0 Å². The van der Waals surface area contributed by atoms with Gasteiger partial charge in [0.15, 0.2) is 28.8 Å². The molecule has 0 bridgehead atoms. The lowest BCUT2D eigenvalue weighted by Gasteiger charge is -2.49. The van der Waals surface area contributed by atoms with Gasteiger partial charge in [0.2, 0.25) is 0 Å². The van der Waals surface area contributed by atoms with Gasteiger partial charge in [0.1, 0.15) is 11.3 Å². The van der Waals surface area contributed by atoms with E-state index in [-0.39, 0.29) is 33.8 Å². The van der Waals surface area contributed by atoms with Crippen molar-refractivity contribution in [3.63, 3.8) is 0 Å². The summed E-state index contributed by atoms with van der Waals surface area (Å²) in [5.74, 6) is -3.58. The number of halogens is 6. The Morgan fingerprint density at radius 1 is 1.15 bits per heavy atom. The lowest BCUT2D eigenvalue weighted by Crippen LogP contribution is -2.58. The molecular weight excluding hydrogens is 464 g/mol. The van der Waals surface area contributed by atoms with Gasteiger partial charge in [0.05, 0.1) is 13.2 Å². The fourth-order valence-corrected chi connectivity index (χ4v) is 4.73. The molecule has 2 aromatic carbocycles. The molecular formula is C23H21F6N3O2. The molecule has 0 fully saturated rings. The van der Waals surface area contributed by atoms with E-state index in [9.17, 15) is 27.1 Å². The molecule has 4 rings (SSSR count). The molecule has 1 aromatic heterocycles. The van der Waals surface area contributed by atoms with Gasteiger partial charge >= 0.3 is 6.18 Å². The fraction of sp³-hybridized carbons (Fsp3) is 0.391. The van der Waals surface area contributed by atoms with Gasteiger partial charge in [-0.15, -0.1) is 0 Å². The quantitative estimate of drug-likeness (QED) is 0.480. The monoisotopic (exact) mass is 485 g/mol. The molecule has 1 heterocycles. The second-order valence-electron chi connectivity index (χ2n) is 9.01. The number of ether oxygens (including phenoxy) is 1. The maximum Gasteiger partial charge on any atom is 0.419 e. The third kappa shape index (κ3) is 3.53. The van der Waals surface area contributed by atoms with E-state index in [0.29, 0.717) is 6.07 Å². The van der Waals surface area contributed by atoms with Crippen LogP contribution in [0, 0.1) is 24.4 Å². The zero-order valence-electron chi connectivity index (χ0n) is 18.6. The second kappa shape index (κ2) is 7.72. The summed E-state index contributed by atoms with van der Waals surface area (Å²) < 4.78 is 91.9. The van der Waals surface area contributed by atoms with Crippen LogP contribution in [-0.2, 0) is 5.41 Å². The first-order valence-electron chi connectivity index (χ1n) is 10.2. The summed E-state index contributed by atoms with van der Waals surface area (Å²) in [6, 6.07) is 1.06. The average Bonchev–Trinajstić information content (AvgIpc) is 2.73. The summed E-state index contributed by atoms with van der Waals surface area (Å²) in [6.45, 7) is 4.20. The highest BCUT2D eigenvalue weighted by atomic mass is 19.4. The van der Waals surface area contributed by atoms with Crippen molar-refractivity contribution in [3.8, 4) is 5.75 Å². The Hall–Kier alpha value is -3.08. The van der Waals surface area contributed by atoms with Gasteiger partial charge in [-0.2, -0.15) is 13.2 Å². The molecule has 2 unspecified atom stereocenters. The normalized spacial score (nSPS) is 21.9. The van der Waals surface area contributed by atoms with E-state index in [1.165, 1.54) is 33.9 Å². The number of fused-ring (bicyclic) bond motifs is 2. The van der Waals surface area contributed by atoms with Crippen LogP contribution in [0.2, 0.25) is 0 Å². The van der Waals surface area contributed by atoms with Gasteiger partial charge in [0, 0.05) is 28.9 Å². The molecule has 3 aromatic rings. The molecule has 0 amide bonds. The van der Waals surface area contributed by atoms with Gasteiger partial charge in [0.25, 0.3) is 0 Å². The zero-order chi connectivity index (χ0) is 25.2. The van der Waals surface area contributed by atoms with Crippen LogP contribution in [-0.4, -0.2) is 34.0 Å². The largest absolute Gasteiger partial charge is 0.494 e. The van der Waals surface area contributed by atoms with Crippen molar-refractivity contribution in [2.75, 3.05) is 12.4 Å². The van der Waals surface area contributed by atoms with Crippen molar-refractivity contribution in [1.29, 1.82) is 0 Å². The molecule has 11 heteroatoms. The number of methoxy groups -OCH3 is 1. The van der Waals surface area contributed by atoms with Crippen LogP contribution in [0.1, 0.15) is 43.3 Å². The first-order chi connectivity index (χ1) is 15.7. The van der Waals surface area contributed by atoms with E-state index in [1.807, 2.05) is 0 Å². The van der Waals surface area contributed by atoms with Crippen LogP contribution >= 0.6 is 0 Å². The van der Waals surface area contributed by atoms with Crippen molar-refractivity contribution >= 4 is 16.6 Å². The van der Waals surface area contributed by atoms with Crippen molar-refractivity contribution in [2.24, 2.45) is 0 Å². The Balaban J connectivity index is 2.00. The molecule has 2 N–H and O–H groups in total. The Morgan fingerprint density at radius 2 is 1.82 bits per heavy atom. The number of benzene rings is 2. The maximum atomic E-state index is 15.3. The standard InChI is InChI=1S/C23H21F6N3O2/c1-10-30-8-12-14(7-13(24)17(25)19(12)31-10)32-20-11-5-6-15(34-4)18(26)16(11)21(2,3)9-22(20,33)23(27,28)29/h5-8,20,32-33H,9H2,1-4H3. The number of rotatable bonds is 3. The second-order valence-corrected chi connectivity index (χ2v) is 9.01. The van der Waals surface area contributed by atoms with Crippen LogP contribution < -0.4 is 10.1 Å². The minimum atomic E-state index is -5.16. The zero-order valence-corrected chi connectivity index (χ0v) is 18.6. The minimum absolute atomic E-state index is 0.0859. The third-order valence-corrected chi connectivity index (χ3v) is 6.21. The number of hydrogen-bond donors (Lipinski definition) is 2. The van der Waals surface area contributed by atoms with Gasteiger partial charge < -0.3 is 15.2 Å². The van der Waals surface area contributed by atoms with Gasteiger partial charge in [-0.05, 0) is 30.4 Å². The first kappa shape index (κ1) is 24.1. The Bertz CT molecular complexity index is 1290. The third-order valence-electron chi connectivity index (χ3n) is 6.21. The Morgan fingerprint density at radius 3 is 2.44 bits per heavy atom. The topological polar surface area (TPSA) is 67.3 Å². The van der Waals surface area contributed by atoms with Crippen LogP contribution in [0.15, 0.2) is 24.4 Å². The Labute approximate surface area is 190 Å². The summed E-state index contributed by atoms with van der Waals surface area (Å²) in [7, 11) is 1.22. The Kier molecular flexibility index (Phi) is 5.47. The van der Waals surface area contributed by atoms with Crippen molar-refractivity contribution < 1.29 is 36.2 Å². The summed E-state index contributed by atoms with van der Waals surface area (Å²) in [5.41, 5.74) is -5.84. The van der Waals surface area contributed by atoms with E-state index in [4.69, 9.17) is 4.74 Å². The summed E-state index contributed by atoms with van der Waals surface area (Å²) in [5, 5.41) is 13.4. The number of hydrogen-bond acceptors (Lipinski definition) is 5. The maximum absolute atomic E-state index is 15.3. The highest BCUT2D eigenvalue weighted by molar-refractivity contribution is 5.91. The smallest absolute Gasteiger partial charge is 0.419 e. The molecule has 5 nitrogen and oxygen atoms in total. The van der Waals surface area contributed by atoms with Crippen molar-refractivity contribution in [2.45, 2.75) is 50.4 Å². The number of anilines is 1. The summed E-state index contributed by atoms with van der Waals surface area (Å²) in [6.07, 6.45) is -4.93. The summed E-state index contributed by atoms with van der Waals surface area (Å²) >= 11 is 0. The first-order valence-corrected chi connectivity index (χ1v) is 10.2. The molecule has 0 radical (unpaired) electrons. The highest BCUT2D eigenvalue weighted by Gasteiger charge is 2.64. The van der Waals surface area contributed by atoms with Gasteiger partial charge in [-0.25, -0.2) is 23.1 Å². The highest BCUT2D eigenvalue weighted by Crippen LogP contribution is 2.55. The van der Waals surface area contributed by atoms with Crippen LogP contribution in [0.5, 0.6) is 5.75 Å². The predicted octanol–water partition coefficient (Wildman–Crippen LogP) is 5.49.